The average Bonchev–Trinajstić information content (AvgIpc) is 3.42. The highest BCUT2D eigenvalue weighted by Crippen LogP contribution is 2.33. The number of benzene rings is 2. The molecule has 1 aliphatic heterocycles. The molecule has 0 atom stereocenters. The van der Waals surface area contributed by atoms with Crippen LogP contribution < -0.4 is 9.47 Å². The Bertz CT molecular complexity index is 977. The summed E-state index contributed by atoms with van der Waals surface area (Å²) in [7, 11) is 0. The van der Waals surface area contributed by atoms with Gasteiger partial charge in [-0.2, -0.15) is 4.98 Å². The van der Waals surface area contributed by atoms with Gasteiger partial charge in [-0.3, -0.25) is 4.99 Å². The maximum Gasteiger partial charge on any atom is 0.258 e. The predicted octanol–water partition coefficient (Wildman–Crippen LogP) is 4.78. The van der Waals surface area contributed by atoms with Gasteiger partial charge in [-0.25, -0.2) is 0 Å². The molecule has 0 bridgehead atoms. The standard InChI is InChI=1S/C22H23N3O3/c1-3-26-19-12-11-17(14-20(19)27-4-2)22-24-21(25-28-22)16-9-7-15(8-10-16)18-6-5-13-23-18/h7-12,14H,3-6,13H2,1-2H3. The molecule has 0 spiro atoms. The van der Waals surface area contributed by atoms with Crippen molar-refractivity contribution in [3.05, 3.63) is 48.0 Å². The number of rotatable bonds is 7. The second kappa shape index (κ2) is 8.25. The van der Waals surface area contributed by atoms with E-state index >= 15 is 0 Å². The van der Waals surface area contributed by atoms with Gasteiger partial charge in [0.2, 0.25) is 5.82 Å². The Kier molecular flexibility index (Phi) is 5.37. The van der Waals surface area contributed by atoms with Gasteiger partial charge in [-0.05, 0) is 50.5 Å². The van der Waals surface area contributed by atoms with Gasteiger partial charge in [0, 0.05) is 23.4 Å². The SMILES string of the molecule is CCOc1ccc(-c2nc(-c3ccc(C4=NCCC4)cc3)no2)cc1OCC. The molecule has 0 fully saturated rings. The second-order valence-electron chi connectivity index (χ2n) is 6.46. The molecule has 6 nitrogen and oxygen atoms in total. The maximum absolute atomic E-state index is 5.68. The lowest BCUT2D eigenvalue weighted by Gasteiger charge is -2.11. The van der Waals surface area contributed by atoms with Crippen LogP contribution in [-0.2, 0) is 0 Å². The molecule has 4 rings (SSSR count). The van der Waals surface area contributed by atoms with E-state index in [2.05, 4.69) is 27.3 Å². The fourth-order valence-electron chi connectivity index (χ4n) is 3.23. The smallest absolute Gasteiger partial charge is 0.258 e. The van der Waals surface area contributed by atoms with E-state index in [1.165, 1.54) is 5.71 Å². The van der Waals surface area contributed by atoms with Gasteiger partial charge in [-0.15, -0.1) is 0 Å². The van der Waals surface area contributed by atoms with Gasteiger partial charge in [0.05, 0.1) is 13.2 Å². The number of ether oxygens (including phenoxy) is 2. The predicted molar refractivity (Wildman–Crippen MR) is 108 cm³/mol. The fourth-order valence-corrected chi connectivity index (χ4v) is 3.23. The van der Waals surface area contributed by atoms with E-state index in [9.17, 15) is 0 Å². The summed E-state index contributed by atoms with van der Waals surface area (Å²) in [5.74, 6) is 2.38. The van der Waals surface area contributed by atoms with Gasteiger partial charge >= 0.3 is 0 Å². The highest BCUT2D eigenvalue weighted by molar-refractivity contribution is 6.01. The topological polar surface area (TPSA) is 69.7 Å². The molecular formula is C22H23N3O3. The van der Waals surface area contributed by atoms with Gasteiger partial charge in [-0.1, -0.05) is 29.4 Å². The highest BCUT2D eigenvalue weighted by atomic mass is 16.5. The van der Waals surface area contributed by atoms with E-state index in [0.717, 1.165) is 36.1 Å². The molecule has 2 aromatic carbocycles. The van der Waals surface area contributed by atoms with Crippen LogP contribution in [-0.4, -0.2) is 35.6 Å². The molecule has 0 saturated heterocycles. The molecule has 144 valence electrons. The summed E-state index contributed by atoms with van der Waals surface area (Å²) >= 11 is 0. The van der Waals surface area contributed by atoms with E-state index in [-0.39, 0.29) is 0 Å². The molecule has 1 aliphatic rings. The normalized spacial score (nSPS) is 13.4. The average molecular weight is 377 g/mol. The summed E-state index contributed by atoms with van der Waals surface area (Å²) in [6.45, 7) is 5.94. The second-order valence-corrected chi connectivity index (χ2v) is 6.46. The first-order valence-corrected chi connectivity index (χ1v) is 9.66. The molecule has 0 N–H and O–H groups in total. The van der Waals surface area contributed by atoms with Crippen molar-refractivity contribution in [2.75, 3.05) is 19.8 Å². The summed E-state index contributed by atoms with van der Waals surface area (Å²) in [5, 5.41) is 4.14. The number of aromatic nitrogens is 2. The van der Waals surface area contributed by atoms with Gasteiger partial charge < -0.3 is 14.0 Å². The van der Waals surface area contributed by atoms with Crippen molar-refractivity contribution in [2.24, 2.45) is 4.99 Å². The Labute approximate surface area is 164 Å². The first-order chi connectivity index (χ1) is 13.8. The largest absolute Gasteiger partial charge is 0.490 e. The van der Waals surface area contributed by atoms with Gasteiger partial charge in [0.25, 0.3) is 5.89 Å². The van der Waals surface area contributed by atoms with Crippen molar-refractivity contribution in [3.63, 3.8) is 0 Å². The number of hydrogen-bond acceptors (Lipinski definition) is 6. The van der Waals surface area contributed by atoms with Crippen LogP contribution in [0.1, 0.15) is 32.3 Å². The molecule has 1 aromatic heterocycles. The summed E-state index contributed by atoms with van der Waals surface area (Å²) in [4.78, 5) is 9.09. The van der Waals surface area contributed by atoms with Gasteiger partial charge in [0.1, 0.15) is 0 Å². The molecule has 2 heterocycles. The first kappa shape index (κ1) is 18.2. The van der Waals surface area contributed by atoms with Crippen molar-refractivity contribution >= 4 is 5.71 Å². The Balaban J connectivity index is 1.58. The lowest BCUT2D eigenvalue weighted by Crippen LogP contribution is -1.98. The summed E-state index contributed by atoms with van der Waals surface area (Å²) < 4.78 is 16.8. The van der Waals surface area contributed by atoms with E-state index in [4.69, 9.17) is 14.0 Å². The van der Waals surface area contributed by atoms with Crippen LogP contribution in [0.2, 0.25) is 0 Å². The molecule has 28 heavy (non-hydrogen) atoms. The Morgan fingerprint density at radius 1 is 0.893 bits per heavy atom. The zero-order valence-corrected chi connectivity index (χ0v) is 16.1. The molecular weight excluding hydrogens is 354 g/mol. The van der Waals surface area contributed by atoms with Crippen molar-refractivity contribution in [2.45, 2.75) is 26.7 Å². The Hall–Kier alpha value is -3.15. The third-order valence-corrected chi connectivity index (χ3v) is 4.57. The fraction of sp³-hybridized carbons (Fsp3) is 0.318. The van der Waals surface area contributed by atoms with Crippen LogP contribution in [0.3, 0.4) is 0 Å². The van der Waals surface area contributed by atoms with E-state index in [1.807, 2.05) is 44.2 Å². The van der Waals surface area contributed by atoms with Gasteiger partial charge in [0.15, 0.2) is 11.5 Å². The number of hydrogen-bond donors (Lipinski definition) is 0. The zero-order chi connectivity index (χ0) is 19.3. The zero-order valence-electron chi connectivity index (χ0n) is 16.1. The summed E-state index contributed by atoms with van der Waals surface area (Å²) in [6, 6.07) is 13.8. The van der Waals surface area contributed by atoms with Crippen molar-refractivity contribution in [1.82, 2.24) is 10.1 Å². The first-order valence-electron chi connectivity index (χ1n) is 9.66. The molecule has 0 unspecified atom stereocenters. The lowest BCUT2D eigenvalue weighted by atomic mass is 10.1. The Morgan fingerprint density at radius 2 is 1.61 bits per heavy atom. The van der Waals surface area contributed by atoms with Crippen LogP contribution in [0, 0.1) is 0 Å². The summed E-state index contributed by atoms with van der Waals surface area (Å²) in [6.07, 6.45) is 2.18. The van der Waals surface area contributed by atoms with E-state index in [1.54, 1.807) is 0 Å². The minimum absolute atomic E-state index is 0.447. The van der Waals surface area contributed by atoms with Crippen LogP contribution in [0.4, 0.5) is 0 Å². The minimum atomic E-state index is 0.447. The third kappa shape index (κ3) is 3.76. The number of aliphatic imine (C=N–C) groups is 1. The lowest BCUT2D eigenvalue weighted by molar-refractivity contribution is 0.288. The van der Waals surface area contributed by atoms with Crippen LogP contribution in [0.25, 0.3) is 22.8 Å². The Morgan fingerprint density at radius 3 is 2.32 bits per heavy atom. The van der Waals surface area contributed by atoms with E-state index in [0.29, 0.717) is 36.4 Å². The van der Waals surface area contributed by atoms with Crippen molar-refractivity contribution < 1.29 is 14.0 Å². The van der Waals surface area contributed by atoms with Crippen molar-refractivity contribution in [1.29, 1.82) is 0 Å². The molecule has 3 aromatic rings. The van der Waals surface area contributed by atoms with Crippen LogP contribution in [0.15, 0.2) is 52.0 Å². The van der Waals surface area contributed by atoms with Crippen LogP contribution in [0.5, 0.6) is 11.5 Å². The number of nitrogens with zero attached hydrogens (tertiary/aromatic N) is 3. The highest BCUT2D eigenvalue weighted by Gasteiger charge is 2.15. The molecule has 0 radical (unpaired) electrons. The van der Waals surface area contributed by atoms with Crippen molar-refractivity contribution in [3.8, 4) is 34.3 Å². The monoisotopic (exact) mass is 377 g/mol. The molecule has 0 saturated carbocycles. The quantitative estimate of drug-likeness (QED) is 0.592. The van der Waals surface area contributed by atoms with Crippen LogP contribution >= 0.6 is 0 Å². The summed E-state index contributed by atoms with van der Waals surface area (Å²) in [5.41, 5.74) is 4.05. The minimum Gasteiger partial charge on any atom is -0.490 e. The molecule has 0 aliphatic carbocycles. The maximum atomic E-state index is 5.68. The molecule has 6 heteroatoms. The van der Waals surface area contributed by atoms with E-state index < -0.39 is 0 Å². The molecule has 0 amide bonds. The third-order valence-electron chi connectivity index (χ3n) is 4.57.